The first kappa shape index (κ1) is 16.6. The van der Waals surface area contributed by atoms with Crippen LogP contribution in [0.2, 0.25) is 0 Å². The van der Waals surface area contributed by atoms with E-state index in [0.29, 0.717) is 0 Å². The third-order valence-electron chi connectivity index (χ3n) is 4.22. The van der Waals surface area contributed by atoms with Gasteiger partial charge in [0, 0.05) is 0 Å². The summed E-state index contributed by atoms with van der Waals surface area (Å²) in [6.45, 7) is 2.90. The summed E-state index contributed by atoms with van der Waals surface area (Å²) in [7, 11) is 0. The Labute approximate surface area is 143 Å². The Kier molecular flexibility index (Phi) is 6.32. The minimum atomic E-state index is 0.800. The average Bonchev–Trinajstić information content (AvgIpc) is 3.13. The Morgan fingerprint density at radius 2 is 1.71 bits per heavy atom. The van der Waals surface area contributed by atoms with E-state index in [-0.39, 0.29) is 0 Å². The molecule has 0 bridgehead atoms. The summed E-state index contributed by atoms with van der Waals surface area (Å²) in [5.41, 5.74) is 0. The number of nitrogens with two attached hydrogens (primary N) is 1. The van der Waals surface area contributed by atoms with Gasteiger partial charge < -0.3 is 14.5 Å². The highest BCUT2D eigenvalue weighted by Gasteiger charge is 1.99. The second kappa shape index (κ2) is 9.14. The summed E-state index contributed by atoms with van der Waals surface area (Å²) < 4.78 is 11.2. The molecule has 3 aromatic rings. The monoisotopic (exact) mass is 324 g/mol. The van der Waals surface area contributed by atoms with Crippen LogP contribution in [0.15, 0.2) is 65.3 Å². The van der Waals surface area contributed by atoms with E-state index in [1.54, 1.807) is 6.26 Å². The molecule has 0 unspecified atom stereocenters. The highest BCUT2D eigenvalue weighted by atomic mass is 16.5. The molecule has 0 atom stereocenters. The predicted molar refractivity (Wildman–Crippen MR) is 97.1 cm³/mol. The molecule has 126 valence electrons. The van der Waals surface area contributed by atoms with Crippen molar-refractivity contribution in [3.8, 4) is 5.75 Å². The number of unbranched alkanes of at least 4 members (excludes halogenated alkanes) is 3. The van der Waals surface area contributed by atoms with E-state index in [2.05, 4.69) is 47.8 Å². The Morgan fingerprint density at radius 1 is 0.833 bits per heavy atom. The maximum Gasteiger partial charge on any atom is 0.157 e. The van der Waals surface area contributed by atoms with Crippen LogP contribution in [0.4, 0.5) is 0 Å². The summed E-state index contributed by atoms with van der Waals surface area (Å²) >= 11 is 0. The van der Waals surface area contributed by atoms with E-state index >= 15 is 0 Å². The van der Waals surface area contributed by atoms with Gasteiger partial charge in [-0.25, -0.2) is 0 Å². The molecule has 0 aliphatic carbocycles. The SMILES string of the molecule is c1coc(C[NH2+]CCCCCCOc2ccc3ccccc3c2)c1. The normalized spacial score (nSPS) is 11.0. The predicted octanol–water partition coefficient (Wildman–Crippen LogP) is 4.14. The van der Waals surface area contributed by atoms with E-state index in [0.717, 1.165) is 37.6 Å². The van der Waals surface area contributed by atoms with Gasteiger partial charge in [0.25, 0.3) is 0 Å². The summed E-state index contributed by atoms with van der Waals surface area (Å²) in [6.07, 6.45) is 6.58. The molecular weight excluding hydrogens is 298 g/mol. The molecule has 0 spiro atoms. The molecule has 0 amide bonds. The van der Waals surface area contributed by atoms with Gasteiger partial charge in [-0.05, 0) is 60.7 Å². The van der Waals surface area contributed by atoms with Gasteiger partial charge in [-0.1, -0.05) is 30.3 Å². The number of quaternary nitrogens is 1. The van der Waals surface area contributed by atoms with Crippen molar-refractivity contribution in [3.63, 3.8) is 0 Å². The number of benzene rings is 2. The molecule has 24 heavy (non-hydrogen) atoms. The highest BCUT2D eigenvalue weighted by Crippen LogP contribution is 2.20. The quantitative estimate of drug-likeness (QED) is 0.569. The molecule has 3 rings (SSSR count). The summed E-state index contributed by atoms with van der Waals surface area (Å²) in [5, 5.41) is 4.81. The van der Waals surface area contributed by atoms with Crippen LogP contribution in [0, 0.1) is 0 Å². The largest absolute Gasteiger partial charge is 0.494 e. The van der Waals surface area contributed by atoms with Crippen molar-refractivity contribution in [2.24, 2.45) is 0 Å². The van der Waals surface area contributed by atoms with E-state index < -0.39 is 0 Å². The second-order valence-corrected chi connectivity index (χ2v) is 6.13. The number of ether oxygens (including phenoxy) is 1. The van der Waals surface area contributed by atoms with Crippen molar-refractivity contribution in [3.05, 3.63) is 66.6 Å². The van der Waals surface area contributed by atoms with Crippen molar-refractivity contribution in [1.82, 2.24) is 0 Å². The number of rotatable bonds is 10. The Bertz CT molecular complexity index is 722. The smallest absolute Gasteiger partial charge is 0.157 e. The third-order valence-corrected chi connectivity index (χ3v) is 4.22. The second-order valence-electron chi connectivity index (χ2n) is 6.13. The zero-order valence-electron chi connectivity index (χ0n) is 14.1. The van der Waals surface area contributed by atoms with Crippen LogP contribution in [0.3, 0.4) is 0 Å². The van der Waals surface area contributed by atoms with Crippen LogP contribution < -0.4 is 10.1 Å². The molecule has 3 heteroatoms. The summed E-state index contributed by atoms with van der Waals surface area (Å²) in [4.78, 5) is 0. The lowest BCUT2D eigenvalue weighted by molar-refractivity contribution is -0.672. The van der Waals surface area contributed by atoms with E-state index in [9.17, 15) is 0 Å². The lowest BCUT2D eigenvalue weighted by Crippen LogP contribution is -2.82. The van der Waals surface area contributed by atoms with Crippen LogP contribution >= 0.6 is 0 Å². The molecule has 0 saturated heterocycles. The summed E-state index contributed by atoms with van der Waals surface area (Å²) in [6, 6.07) is 18.7. The van der Waals surface area contributed by atoms with Crippen molar-refractivity contribution >= 4 is 10.8 Å². The molecule has 0 aliphatic heterocycles. The first-order valence-corrected chi connectivity index (χ1v) is 8.87. The molecule has 0 fully saturated rings. The molecule has 2 N–H and O–H groups in total. The number of furan rings is 1. The molecule has 1 aromatic heterocycles. The molecule has 3 nitrogen and oxygen atoms in total. The number of fused-ring (bicyclic) bond motifs is 1. The Balaban J connectivity index is 1.24. The summed E-state index contributed by atoms with van der Waals surface area (Å²) in [5.74, 6) is 2.03. The number of hydrogen-bond donors (Lipinski definition) is 1. The Hall–Kier alpha value is -2.26. The lowest BCUT2D eigenvalue weighted by atomic mass is 10.1. The molecule has 1 heterocycles. The van der Waals surface area contributed by atoms with E-state index in [1.165, 1.54) is 30.0 Å². The Morgan fingerprint density at radius 3 is 2.58 bits per heavy atom. The van der Waals surface area contributed by atoms with Crippen LogP contribution in [-0.2, 0) is 6.54 Å². The standard InChI is InChI=1S/C21H25NO2/c1(5-13-22-17-21-10-7-15-24-21)2-6-14-23-20-12-11-18-8-3-4-9-19(18)16-20/h3-4,7-12,15-16,22H,1-2,5-6,13-14,17H2/p+1. The molecular formula is C21H26NO2+. The first-order valence-electron chi connectivity index (χ1n) is 8.87. The fourth-order valence-corrected chi connectivity index (χ4v) is 2.86. The fraction of sp³-hybridized carbons (Fsp3) is 0.333. The van der Waals surface area contributed by atoms with Crippen molar-refractivity contribution < 1.29 is 14.5 Å². The van der Waals surface area contributed by atoms with Gasteiger partial charge in [0.1, 0.15) is 12.3 Å². The maximum absolute atomic E-state index is 5.87. The molecule has 0 saturated carbocycles. The van der Waals surface area contributed by atoms with Gasteiger partial charge in [0.2, 0.25) is 0 Å². The molecule has 0 radical (unpaired) electrons. The van der Waals surface area contributed by atoms with E-state index in [4.69, 9.17) is 9.15 Å². The maximum atomic E-state index is 5.87. The minimum Gasteiger partial charge on any atom is -0.494 e. The zero-order valence-corrected chi connectivity index (χ0v) is 14.1. The first-order chi connectivity index (χ1) is 11.9. The van der Waals surface area contributed by atoms with Gasteiger partial charge in [-0.2, -0.15) is 0 Å². The molecule has 2 aromatic carbocycles. The van der Waals surface area contributed by atoms with Crippen LogP contribution in [-0.4, -0.2) is 13.2 Å². The fourth-order valence-electron chi connectivity index (χ4n) is 2.86. The van der Waals surface area contributed by atoms with Gasteiger partial charge in [0.15, 0.2) is 5.76 Å². The van der Waals surface area contributed by atoms with Crippen molar-refractivity contribution in [2.45, 2.75) is 32.2 Å². The van der Waals surface area contributed by atoms with Crippen molar-refractivity contribution in [2.75, 3.05) is 13.2 Å². The lowest BCUT2D eigenvalue weighted by Gasteiger charge is -2.07. The van der Waals surface area contributed by atoms with Gasteiger partial charge in [0.05, 0.1) is 19.4 Å². The van der Waals surface area contributed by atoms with Gasteiger partial charge in [-0.15, -0.1) is 0 Å². The van der Waals surface area contributed by atoms with Gasteiger partial charge >= 0.3 is 0 Å². The molecule has 0 aliphatic rings. The van der Waals surface area contributed by atoms with Crippen LogP contribution in [0.1, 0.15) is 31.4 Å². The average molecular weight is 324 g/mol. The van der Waals surface area contributed by atoms with Crippen molar-refractivity contribution in [1.29, 1.82) is 0 Å². The third kappa shape index (κ3) is 5.14. The number of hydrogen-bond acceptors (Lipinski definition) is 2. The van der Waals surface area contributed by atoms with Gasteiger partial charge in [-0.3, -0.25) is 0 Å². The van der Waals surface area contributed by atoms with E-state index in [1.807, 2.05) is 12.1 Å². The minimum absolute atomic E-state index is 0.800. The zero-order chi connectivity index (χ0) is 16.5. The highest BCUT2D eigenvalue weighted by molar-refractivity contribution is 5.83. The van der Waals surface area contributed by atoms with Crippen LogP contribution in [0.5, 0.6) is 5.75 Å². The van der Waals surface area contributed by atoms with Crippen LogP contribution in [0.25, 0.3) is 10.8 Å². The topological polar surface area (TPSA) is 39.0 Å².